The van der Waals surface area contributed by atoms with Crippen molar-refractivity contribution < 1.29 is 10.2 Å². The Kier molecular flexibility index (Phi) is 10.4. The van der Waals surface area contributed by atoms with Gasteiger partial charge in [-0.25, -0.2) is 0 Å². The molecule has 0 saturated heterocycles. The van der Waals surface area contributed by atoms with Crippen molar-refractivity contribution in [2.24, 2.45) is 0 Å². The van der Waals surface area contributed by atoms with Crippen molar-refractivity contribution in [1.82, 2.24) is 5.32 Å². The van der Waals surface area contributed by atoms with E-state index >= 15 is 0 Å². The van der Waals surface area contributed by atoms with Crippen molar-refractivity contribution in [2.75, 3.05) is 13.1 Å². The van der Waals surface area contributed by atoms with Gasteiger partial charge in [0.1, 0.15) is 5.75 Å². The number of hydrogen-bond acceptors (Lipinski definition) is 3. The highest BCUT2D eigenvalue weighted by atomic mass is 16.3. The van der Waals surface area contributed by atoms with E-state index in [1.54, 1.807) is 24.3 Å². The van der Waals surface area contributed by atoms with Gasteiger partial charge in [-0.1, -0.05) is 45.7 Å². The summed E-state index contributed by atoms with van der Waals surface area (Å²) >= 11 is 0. The van der Waals surface area contributed by atoms with Crippen LogP contribution in [0.4, 0.5) is 0 Å². The summed E-state index contributed by atoms with van der Waals surface area (Å²) in [6, 6.07) is 6.67. The van der Waals surface area contributed by atoms with Gasteiger partial charge in [-0.3, -0.25) is 0 Å². The fourth-order valence-corrected chi connectivity index (χ4v) is 1.55. The lowest BCUT2D eigenvalue weighted by atomic mass is 10.1. The second-order valence-corrected chi connectivity index (χ2v) is 4.02. The topological polar surface area (TPSA) is 52.5 Å². The molecule has 104 valence electrons. The van der Waals surface area contributed by atoms with Crippen molar-refractivity contribution in [2.45, 2.75) is 46.1 Å². The molecule has 0 bridgehead atoms. The third-order valence-corrected chi connectivity index (χ3v) is 2.57. The lowest BCUT2D eigenvalue weighted by Gasteiger charge is -2.12. The van der Waals surface area contributed by atoms with Crippen LogP contribution in [0.3, 0.4) is 0 Å². The first-order chi connectivity index (χ1) is 8.74. The molecule has 1 atom stereocenters. The maximum Gasteiger partial charge on any atom is 0.115 e. The number of benzene rings is 1. The minimum absolute atomic E-state index is 0.229. The number of aliphatic hydroxyl groups excluding tert-OH is 1. The summed E-state index contributed by atoms with van der Waals surface area (Å²) in [5.41, 5.74) is 0.834. The molecular weight excluding hydrogens is 226 g/mol. The van der Waals surface area contributed by atoms with Crippen LogP contribution in [0.25, 0.3) is 0 Å². The average molecular weight is 253 g/mol. The van der Waals surface area contributed by atoms with Gasteiger partial charge in [0.15, 0.2) is 0 Å². The summed E-state index contributed by atoms with van der Waals surface area (Å²) in [6.45, 7) is 7.68. The van der Waals surface area contributed by atoms with Gasteiger partial charge in [0.25, 0.3) is 0 Å². The summed E-state index contributed by atoms with van der Waals surface area (Å²) in [6.07, 6.45) is 3.09. The highest BCUT2D eigenvalue weighted by molar-refractivity contribution is 5.27. The van der Waals surface area contributed by atoms with Gasteiger partial charge in [-0.05, 0) is 30.7 Å². The molecule has 3 heteroatoms. The van der Waals surface area contributed by atoms with Crippen LogP contribution in [0.15, 0.2) is 24.3 Å². The third-order valence-electron chi connectivity index (χ3n) is 2.57. The number of phenols is 1. The molecule has 0 aliphatic heterocycles. The van der Waals surface area contributed by atoms with Crippen LogP contribution in [-0.2, 0) is 0 Å². The molecule has 0 heterocycles. The number of phenolic OH excluding ortho intramolecular Hbond substituents is 1. The van der Waals surface area contributed by atoms with E-state index in [2.05, 4.69) is 12.2 Å². The van der Waals surface area contributed by atoms with Crippen LogP contribution < -0.4 is 5.32 Å². The normalized spacial score (nSPS) is 11.6. The monoisotopic (exact) mass is 253 g/mol. The van der Waals surface area contributed by atoms with E-state index in [9.17, 15) is 5.11 Å². The molecule has 1 unspecified atom stereocenters. The summed E-state index contributed by atoms with van der Waals surface area (Å²) in [5.74, 6) is 0.229. The highest BCUT2D eigenvalue weighted by Crippen LogP contribution is 2.15. The van der Waals surface area contributed by atoms with Crippen molar-refractivity contribution in [3.63, 3.8) is 0 Å². The molecule has 0 fully saturated rings. The van der Waals surface area contributed by atoms with E-state index in [-0.39, 0.29) is 5.75 Å². The van der Waals surface area contributed by atoms with Crippen molar-refractivity contribution in [3.8, 4) is 5.75 Å². The van der Waals surface area contributed by atoms with E-state index in [1.165, 1.54) is 12.8 Å². The molecule has 0 aliphatic rings. The predicted molar refractivity (Wildman–Crippen MR) is 76.8 cm³/mol. The molecule has 0 saturated carbocycles. The van der Waals surface area contributed by atoms with E-state index in [0.717, 1.165) is 18.5 Å². The molecular formula is C15H27NO2. The fourth-order valence-electron chi connectivity index (χ4n) is 1.55. The SMILES string of the molecule is CC.CCCCCNCC(O)c1ccc(O)cc1. The molecule has 3 N–H and O–H groups in total. The Balaban J connectivity index is 0.00000137. The number of aliphatic hydroxyl groups is 1. The first kappa shape index (κ1) is 16.9. The third kappa shape index (κ3) is 7.30. The van der Waals surface area contributed by atoms with Gasteiger partial charge in [0, 0.05) is 6.54 Å². The lowest BCUT2D eigenvalue weighted by Crippen LogP contribution is -2.22. The first-order valence-electron chi connectivity index (χ1n) is 6.91. The summed E-state index contributed by atoms with van der Waals surface area (Å²) in [4.78, 5) is 0. The van der Waals surface area contributed by atoms with Crippen LogP contribution in [0, 0.1) is 0 Å². The number of hydrogen-bond donors (Lipinski definition) is 3. The smallest absolute Gasteiger partial charge is 0.115 e. The number of unbranched alkanes of at least 4 members (excludes halogenated alkanes) is 2. The molecule has 0 radical (unpaired) electrons. The number of rotatable bonds is 7. The van der Waals surface area contributed by atoms with Gasteiger partial charge in [0.05, 0.1) is 6.10 Å². The van der Waals surface area contributed by atoms with Crippen LogP contribution in [0.1, 0.15) is 51.7 Å². The largest absolute Gasteiger partial charge is 0.508 e. The minimum atomic E-state index is -0.498. The molecule has 0 aliphatic carbocycles. The van der Waals surface area contributed by atoms with Gasteiger partial charge >= 0.3 is 0 Å². The Morgan fingerprint density at radius 1 is 1.11 bits per heavy atom. The van der Waals surface area contributed by atoms with Gasteiger partial charge in [-0.15, -0.1) is 0 Å². The Morgan fingerprint density at radius 2 is 1.72 bits per heavy atom. The second-order valence-electron chi connectivity index (χ2n) is 4.02. The van der Waals surface area contributed by atoms with Crippen LogP contribution in [0.5, 0.6) is 5.75 Å². The minimum Gasteiger partial charge on any atom is -0.508 e. The zero-order chi connectivity index (χ0) is 13.8. The predicted octanol–water partition coefficient (Wildman–Crippen LogP) is 3.23. The van der Waals surface area contributed by atoms with Crippen LogP contribution in [0.2, 0.25) is 0 Å². The van der Waals surface area contributed by atoms with E-state index < -0.39 is 6.10 Å². The highest BCUT2D eigenvalue weighted by Gasteiger charge is 2.05. The maximum absolute atomic E-state index is 9.82. The average Bonchev–Trinajstić information content (AvgIpc) is 2.41. The Hall–Kier alpha value is -1.06. The number of nitrogens with one attached hydrogen (secondary N) is 1. The molecule has 0 aromatic heterocycles. The van der Waals surface area contributed by atoms with Gasteiger partial charge in [0.2, 0.25) is 0 Å². The maximum atomic E-state index is 9.82. The first-order valence-corrected chi connectivity index (χ1v) is 6.91. The quantitative estimate of drug-likeness (QED) is 0.654. The molecule has 1 aromatic carbocycles. The fraction of sp³-hybridized carbons (Fsp3) is 0.600. The van der Waals surface area contributed by atoms with Crippen LogP contribution in [-0.4, -0.2) is 23.3 Å². The number of aromatic hydroxyl groups is 1. The van der Waals surface area contributed by atoms with Crippen molar-refractivity contribution in [3.05, 3.63) is 29.8 Å². The summed E-state index contributed by atoms with van der Waals surface area (Å²) in [5, 5.41) is 22.2. The molecule has 1 aromatic rings. The molecule has 18 heavy (non-hydrogen) atoms. The Labute approximate surface area is 111 Å². The van der Waals surface area contributed by atoms with Crippen molar-refractivity contribution in [1.29, 1.82) is 0 Å². The summed E-state index contributed by atoms with van der Waals surface area (Å²) in [7, 11) is 0. The van der Waals surface area contributed by atoms with E-state index in [1.807, 2.05) is 13.8 Å². The van der Waals surface area contributed by atoms with E-state index in [4.69, 9.17) is 5.11 Å². The molecule has 0 spiro atoms. The van der Waals surface area contributed by atoms with Crippen molar-refractivity contribution >= 4 is 0 Å². The second kappa shape index (κ2) is 11.1. The molecule has 3 nitrogen and oxygen atoms in total. The lowest BCUT2D eigenvalue weighted by molar-refractivity contribution is 0.174. The Morgan fingerprint density at radius 3 is 2.28 bits per heavy atom. The summed E-state index contributed by atoms with van der Waals surface area (Å²) < 4.78 is 0. The zero-order valence-corrected chi connectivity index (χ0v) is 11.8. The molecule has 1 rings (SSSR count). The van der Waals surface area contributed by atoms with Gasteiger partial charge < -0.3 is 15.5 Å². The standard InChI is InChI=1S/C13H21NO2.C2H6/c1-2-3-4-9-14-10-13(16)11-5-7-12(15)8-6-11;1-2/h5-8,13-16H,2-4,9-10H2,1H3;1-2H3. The van der Waals surface area contributed by atoms with E-state index in [0.29, 0.717) is 6.54 Å². The zero-order valence-electron chi connectivity index (χ0n) is 11.8. The van der Waals surface area contributed by atoms with Gasteiger partial charge in [-0.2, -0.15) is 0 Å². The van der Waals surface area contributed by atoms with Crippen LogP contribution >= 0.6 is 0 Å². The molecule has 0 amide bonds. The Bertz CT molecular complexity index is 285.